The van der Waals surface area contributed by atoms with Crippen LogP contribution < -0.4 is 4.31 Å². The van der Waals surface area contributed by atoms with Crippen LogP contribution in [0.25, 0.3) is 0 Å². The molecular formula is C17H25ClN2O3S. The van der Waals surface area contributed by atoms with E-state index in [2.05, 4.69) is 6.92 Å². The summed E-state index contributed by atoms with van der Waals surface area (Å²) in [5, 5.41) is 0.511. The van der Waals surface area contributed by atoms with Crippen LogP contribution in [0, 0.1) is 12.8 Å². The Labute approximate surface area is 149 Å². The van der Waals surface area contributed by atoms with Gasteiger partial charge in [0.15, 0.2) is 0 Å². The van der Waals surface area contributed by atoms with Crippen molar-refractivity contribution in [2.75, 3.05) is 30.2 Å². The molecule has 1 amide bonds. The van der Waals surface area contributed by atoms with Gasteiger partial charge in [-0.15, -0.1) is 0 Å². The van der Waals surface area contributed by atoms with E-state index in [1.807, 2.05) is 11.8 Å². The number of anilines is 1. The van der Waals surface area contributed by atoms with Gasteiger partial charge in [-0.2, -0.15) is 0 Å². The van der Waals surface area contributed by atoms with E-state index < -0.39 is 10.0 Å². The molecule has 0 N–H and O–H groups in total. The zero-order valence-electron chi connectivity index (χ0n) is 14.5. The summed E-state index contributed by atoms with van der Waals surface area (Å²) in [7, 11) is -3.48. The maximum Gasteiger partial charge on any atom is 0.232 e. The zero-order valence-corrected chi connectivity index (χ0v) is 16.0. The highest BCUT2D eigenvalue weighted by molar-refractivity contribution is 7.92. The first-order valence-electron chi connectivity index (χ1n) is 8.20. The van der Waals surface area contributed by atoms with Crippen LogP contribution in [0.15, 0.2) is 18.2 Å². The van der Waals surface area contributed by atoms with Crippen LogP contribution in [0.4, 0.5) is 5.69 Å². The minimum atomic E-state index is -3.48. The van der Waals surface area contributed by atoms with Gasteiger partial charge < -0.3 is 4.90 Å². The molecule has 1 atom stereocenters. The molecule has 0 bridgehead atoms. The molecule has 1 heterocycles. The van der Waals surface area contributed by atoms with Gasteiger partial charge in [-0.3, -0.25) is 9.10 Å². The van der Waals surface area contributed by atoms with Crippen LogP contribution in [0.5, 0.6) is 0 Å². The minimum absolute atomic E-state index is 0.00779. The van der Waals surface area contributed by atoms with Crippen molar-refractivity contribution in [1.29, 1.82) is 0 Å². The van der Waals surface area contributed by atoms with Gasteiger partial charge in [0.2, 0.25) is 15.9 Å². The number of halogens is 1. The normalized spacial score (nSPS) is 18.5. The predicted octanol–water partition coefficient (Wildman–Crippen LogP) is 3.06. The highest BCUT2D eigenvalue weighted by Crippen LogP contribution is 2.25. The molecule has 0 saturated carbocycles. The third-order valence-corrected chi connectivity index (χ3v) is 5.98. The van der Waals surface area contributed by atoms with Crippen molar-refractivity contribution in [3.05, 3.63) is 28.8 Å². The van der Waals surface area contributed by atoms with Crippen molar-refractivity contribution in [3.63, 3.8) is 0 Å². The fourth-order valence-electron chi connectivity index (χ4n) is 2.99. The average Bonchev–Trinajstić information content (AvgIpc) is 2.49. The number of sulfonamides is 1. The first-order valence-corrected chi connectivity index (χ1v) is 10.4. The first kappa shape index (κ1) is 19.1. The molecule has 5 nitrogen and oxygen atoms in total. The van der Waals surface area contributed by atoms with Crippen molar-refractivity contribution in [2.45, 2.75) is 33.1 Å². The number of rotatable bonds is 5. The number of carbonyl (C=O) groups is 1. The molecular weight excluding hydrogens is 348 g/mol. The fourth-order valence-corrected chi connectivity index (χ4v) is 4.09. The summed E-state index contributed by atoms with van der Waals surface area (Å²) in [6.07, 6.45) is 3.47. The summed E-state index contributed by atoms with van der Waals surface area (Å²) in [5.74, 6) is 0.512. The molecule has 24 heavy (non-hydrogen) atoms. The number of aryl methyl sites for hydroxylation is 1. The van der Waals surface area contributed by atoms with E-state index in [1.54, 1.807) is 18.2 Å². The number of likely N-dealkylation sites (tertiary alicyclic amines) is 1. The van der Waals surface area contributed by atoms with Crippen LogP contribution in [0.1, 0.15) is 31.7 Å². The van der Waals surface area contributed by atoms with E-state index in [1.165, 1.54) is 4.31 Å². The zero-order chi connectivity index (χ0) is 17.9. The summed E-state index contributed by atoms with van der Waals surface area (Å²) in [6, 6.07) is 5.13. The second-order valence-electron chi connectivity index (χ2n) is 6.61. The topological polar surface area (TPSA) is 57.7 Å². The number of hydrogen-bond acceptors (Lipinski definition) is 3. The van der Waals surface area contributed by atoms with E-state index in [4.69, 9.17) is 11.6 Å². The van der Waals surface area contributed by atoms with E-state index in [-0.39, 0.29) is 18.9 Å². The Bertz CT molecular complexity index is 706. The lowest BCUT2D eigenvalue weighted by molar-refractivity contribution is -0.132. The van der Waals surface area contributed by atoms with E-state index in [0.29, 0.717) is 16.6 Å². The monoisotopic (exact) mass is 372 g/mol. The summed E-state index contributed by atoms with van der Waals surface area (Å²) in [6.45, 7) is 5.64. The molecule has 1 aromatic rings. The van der Waals surface area contributed by atoms with Crippen molar-refractivity contribution in [2.24, 2.45) is 5.92 Å². The molecule has 0 aliphatic carbocycles. The molecule has 1 fully saturated rings. The van der Waals surface area contributed by atoms with E-state index >= 15 is 0 Å². The Morgan fingerprint density at radius 1 is 1.42 bits per heavy atom. The van der Waals surface area contributed by atoms with Crippen molar-refractivity contribution in [3.8, 4) is 0 Å². The van der Waals surface area contributed by atoms with Crippen LogP contribution in [-0.2, 0) is 14.8 Å². The Morgan fingerprint density at radius 3 is 2.71 bits per heavy atom. The van der Waals surface area contributed by atoms with E-state index in [9.17, 15) is 13.2 Å². The summed E-state index contributed by atoms with van der Waals surface area (Å²) >= 11 is 6.11. The molecule has 2 rings (SSSR count). The van der Waals surface area contributed by atoms with Gasteiger partial charge in [-0.25, -0.2) is 8.42 Å². The molecule has 1 aromatic carbocycles. The molecule has 1 unspecified atom stereocenters. The fraction of sp³-hybridized carbons (Fsp3) is 0.588. The second kappa shape index (κ2) is 7.74. The molecule has 1 aliphatic heterocycles. The molecule has 1 saturated heterocycles. The van der Waals surface area contributed by atoms with Gasteiger partial charge in [-0.05, 0) is 43.4 Å². The average molecular weight is 373 g/mol. The van der Waals surface area contributed by atoms with Crippen molar-refractivity contribution >= 4 is 33.2 Å². The standard InChI is InChI=1S/C17H25ClN2O3S/c1-13-5-4-9-19(12-13)17(21)8-10-20(24(3,22)23)15-7-6-14(2)16(18)11-15/h6-7,11,13H,4-5,8-10,12H2,1-3H3. The lowest BCUT2D eigenvalue weighted by Gasteiger charge is -2.32. The smallest absolute Gasteiger partial charge is 0.232 e. The summed E-state index contributed by atoms with van der Waals surface area (Å²) in [4.78, 5) is 14.2. The van der Waals surface area contributed by atoms with Gasteiger partial charge in [0.05, 0.1) is 11.9 Å². The van der Waals surface area contributed by atoms with Crippen LogP contribution >= 0.6 is 11.6 Å². The summed E-state index contributed by atoms with van der Waals surface area (Å²) < 4.78 is 25.5. The maximum absolute atomic E-state index is 12.4. The molecule has 0 radical (unpaired) electrons. The van der Waals surface area contributed by atoms with Gasteiger partial charge in [-0.1, -0.05) is 24.6 Å². The van der Waals surface area contributed by atoms with Crippen LogP contribution in [0.2, 0.25) is 5.02 Å². The Kier molecular flexibility index (Phi) is 6.15. The highest BCUT2D eigenvalue weighted by Gasteiger charge is 2.24. The molecule has 7 heteroatoms. The summed E-state index contributed by atoms with van der Waals surface area (Å²) in [5.41, 5.74) is 1.38. The largest absolute Gasteiger partial charge is 0.342 e. The predicted molar refractivity (Wildman–Crippen MR) is 98.0 cm³/mol. The lowest BCUT2D eigenvalue weighted by atomic mass is 10.00. The second-order valence-corrected chi connectivity index (χ2v) is 8.92. The SMILES string of the molecule is Cc1ccc(N(CCC(=O)N2CCCC(C)C2)S(C)(=O)=O)cc1Cl. The third-order valence-electron chi connectivity index (χ3n) is 4.38. The lowest BCUT2D eigenvalue weighted by Crippen LogP contribution is -2.41. The van der Waals surface area contributed by atoms with Crippen molar-refractivity contribution < 1.29 is 13.2 Å². The Balaban J connectivity index is 2.09. The molecule has 0 spiro atoms. The first-order chi connectivity index (χ1) is 11.2. The number of nitrogens with zero attached hydrogens (tertiary/aromatic N) is 2. The van der Waals surface area contributed by atoms with Crippen LogP contribution in [-0.4, -0.2) is 45.1 Å². The van der Waals surface area contributed by atoms with Gasteiger partial charge in [0, 0.05) is 31.1 Å². The van der Waals surface area contributed by atoms with Crippen LogP contribution in [0.3, 0.4) is 0 Å². The Hall–Kier alpha value is -1.27. The number of hydrogen-bond donors (Lipinski definition) is 0. The van der Waals surface area contributed by atoms with E-state index in [0.717, 1.165) is 37.8 Å². The van der Waals surface area contributed by atoms with Gasteiger partial charge >= 0.3 is 0 Å². The third kappa shape index (κ3) is 4.86. The van der Waals surface area contributed by atoms with Gasteiger partial charge in [0.1, 0.15) is 0 Å². The Morgan fingerprint density at radius 2 is 2.12 bits per heavy atom. The maximum atomic E-state index is 12.4. The molecule has 134 valence electrons. The number of amides is 1. The quantitative estimate of drug-likeness (QED) is 0.798. The molecule has 0 aromatic heterocycles. The highest BCUT2D eigenvalue weighted by atomic mass is 35.5. The molecule has 1 aliphatic rings. The number of carbonyl (C=O) groups excluding carboxylic acids is 1. The number of piperidine rings is 1. The van der Waals surface area contributed by atoms with Crippen molar-refractivity contribution in [1.82, 2.24) is 4.90 Å². The number of benzene rings is 1. The minimum Gasteiger partial charge on any atom is -0.342 e. The van der Waals surface area contributed by atoms with Gasteiger partial charge in [0.25, 0.3) is 0 Å².